The van der Waals surface area contributed by atoms with Crippen LogP contribution in [0.25, 0.3) is 0 Å². The molecule has 2 heteroatoms. The molecule has 1 saturated carbocycles. The molecule has 0 heterocycles. The molecule has 0 saturated heterocycles. The predicted octanol–water partition coefficient (Wildman–Crippen LogP) is 2.13. The molecule has 0 aromatic heterocycles. The average molecular weight is 216 g/mol. The molecule has 1 fully saturated rings. The van der Waals surface area contributed by atoms with Gasteiger partial charge in [-0.05, 0) is 49.4 Å². The van der Waals surface area contributed by atoms with Crippen LogP contribution >= 0.6 is 0 Å². The second-order valence-electron chi connectivity index (χ2n) is 4.19. The minimum atomic E-state index is -0.0982. The van der Waals surface area contributed by atoms with Gasteiger partial charge < -0.3 is 9.84 Å². The molecule has 0 aliphatic heterocycles. The molecule has 0 amide bonds. The summed E-state index contributed by atoms with van der Waals surface area (Å²) in [5.74, 6) is 7.24. The summed E-state index contributed by atoms with van der Waals surface area (Å²) in [4.78, 5) is 0. The van der Waals surface area contributed by atoms with Gasteiger partial charge in [-0.2, -0.15) is 0 Å². The standard InChI is InChI=1S/C14H16O2/c1-11-9-12(3-2-8-15)6-7-14(11)16-10-13-4-5-13/h6-7,9,13,15H,4-5,8,10H2,1H3. The Bertz CT molecular complexity index is 422. The van der Waals surface area contributed by atoms with Crippen LogP contribution in [-0.4, -0.2) is 18.3 Å². The Morgan fingerprint density at radius 2 is 2.25 bits per heavy atom. The van der Waals surface area contributed by atoms with Crippen LogP contribution in [0.2, 0.25) is 0 Å². The van der Waals surface area contributed by atoms with E-state index in [1.165, 1.54) is 12.8 Å². The van der Waals surface area contributed by atoms with Gasteiger partial charge in [0.25, 0.3) is 0 Å². The van der Waals surface area contributed by atoms with Gasteiger partial charge in [-0.15, -0.1) is 0 Å². The van der Waals surface area contributed by atoms with E-state index in [-0.39, 0.29) is 6.61 Å². The lowest BCUT2D eigenvalue weighted by Gasteiger charge is -2.08. The molecule has 0 radical (unpaired) electrons. The zero-order valence-electron chi connectivity index (χ0n) is 9.49. The van der Waals surface area contributed by atoms with Gasteiger partial charge >= 0.3 is 0 Å². The van der Waals surface area contributed by atoms with Crippen LogP contribution in [0.1, 0.15) is 24.0 Å². The van der Waals surface area contributed by atoms with Crippen LogP contribution in [0.4, 0.5) is 0 Å². The van der Waals surface area contributed by atoms with Gasteiger partial charge in [0.1, 0.15) is 12.4 Å². The van der Waals surface area contributed by atoms with Crippen LogP contribution in [0.15, 0.2) is 18.2 Å². The lowest BCUT2D eigenvalue weighted by molar-refractivity contribution is 0.298. The Balaban J connectivity index is 2.02. The third-order valence-corrected chi connectivity index (χ3v) is 2.66. The minimum Gasteiger partial charge on any atom is -0.493 e. The van der Waals surface area contributed by atoms with E-state index < -0.39 is 0 Å². The molecule has 1 aliphatic rings. The zero-order chi connectivity index (χ0) is 11.4. The third-order valence-electron chi connectivity index (χ3n) is 2.66. The van der Waals surface area contributed by atoms with E-state index in [2.05, 4.69) is 11.8 Å². The fourth-order valence-corrected chi connectivity index (χ4v) is 1.52. The molecule has 1 aromatic rings. The van der Waals surface area contributed by atoms with Crippen molar-refractivity contribution in [3.63, 3.8) is 0 Å². The summed E-state index contributed by atoms with van der Waals surface area (Å²) < 4.78 is 5.72. The summed E-state index contributed by atoms with van der Waals surface area (Å²) in [5.41, 5.74) is 2.02. The maximum absolute atomic E-state index is 8.61. The molecule has 16 heavy (non-hydrogen) atoms. The Morgan fingerprint density at radius 1 is 1.44 bits per heavy atom. The summed E-state index contributed by atoms with van der Waals surface area (Å²) in [6, 6.07) is 5.88. The van der Waals surface area contributed by atoms with Gasteiger partial charge in [0, 0.05) is 5.56 Å². The number of aryl methyl sites for hydroxylation is 1. The fraction of sp³-hybridized carbons (Fsp3) is 0.429. The van der Waals surface area contributed by atoms with E-state index in [0.717, 1.165) is 29.4 Å². The number of aliphatic hydroxyl groups is 1. The molecule has 0 unspecified atom stereocenters. The first kappa shape index (κ1) is 11.0. The second-order valence-corrected chi connectivity index (χ2v) is 4.19. The Kier molecular flexibility index (Phi) is 3.48. The monoisotopic (exact) mass is 216 g/mol. The molecule has 84 valence electrons. The molecule has 0 atom stereocenters. The number of aliphatic hydroxyl groups excluding tert-OH is 1. The molecule has 2 nitrogen and oxygen atoms in total. The maximum Gasteiger partial charge on any atom is 0.122 e. The van der Waals surface area contributed by atoms with Gasteiger partial charge in [-0.25, -0.2) is 0 Å². The van der Waals surface area contributed by atoms with E-state index >= 15 is 0 Å². The van der Waals surface area contributed by atoms with Gasteiger partial charge in [0.15, 0.2) is 0 Å². The van der Waals surface area contributed by atoms with Crippen molar-refractivity contribution < 1.29 is 9.84 Å². The Hall–Kier alpha value is -1.46. The predicted molar refractivity (Wildman–Crippen MR) is 63.4 cm³/mol. The highest BCUT2D eigenvalue weighted by Crippen LogP contribution is 2.30. The van der Waals surface area contributed by atoms with E-state index in [4.69, 9.17) is 9.84 Å². The maximum atomic E-state index is 8.61. The molecule has 0 bridgehead atoms. The summed E-state index contributed by atoms with van der Waals surface area (Å²) in [6.45, 7) is 2.76. The first-order valence-electron chi connectivity index (χ1n) is 5.63. The first-order chi connectivity index (χ1) is 7.79. The van der Waals surface area contributed by atoms with Crippen LogP contribution in [0.5, 0.6) is 5.75 Å². The van der Waals surface area contributed by atoms with E-state index in [1.807, 2.05) is 25.1 Å². The average Bonchev–Trinajstić information content (AvgIpc) is 3.09. The van der Waals surface area contributed by atoms with Crippen molar-refractivity contribution in [2.24, 2.45) is 5.92 Å². The van der Waals surface area contributed by atoms with Crippen LogP contribution in [0.3, 0.4) is 0 Å². The molecule has 0 spiro atoms. The topological polar surface area (TPSA) is 29.5 Å². The van der Waals surface area contributed by atoms with Crippen molar-refractivity contribution in [3.05, 3.63) is 29.3 Å². The number of benzene rings is 1. The highest BCUT2D eigenvalue weighted by molar-refractivity contribution is 5.43. The molecule has 1 aromatic carbocycles. The summed E-state index contributed by atoms with van der Waals surface area (Å²) in [5, 5.41) is 8.61. The quantitative estimate of drug-likeness (QED) is 0.784. The van der Waals surface area contributed by atoms with Crippen molar-refractivity contribution >= 4 is 0 Å². The van der Waals surface area contributed by atoms with Crippen molar-refractivity contribution in [1.82, 2.24) is 0 Å². The number of rotatable bonds is 3. The van der Waals surface area contributed by atoms with E-state index in [1.54, 1.807) is 0 Å². The largest absolute Gasteiger partial charge is 0.493 e. The molecule has 2 rings (SSSR count). The molecular weight excluding hydrogens is 200 g/mol. The van der Waals surface area contributed by atoms with Gasteiger partial charge in [0.2, 0.25) is 0 Å². The Morgan fingerprint density at radius 3 is 2.88 bits per heavy atom. The van der Waals surface area contributed by atoms with Gasteiger partial charge in [-0.3, -0.25) is 0 Å². The minimum absolute atomic E-state index is 0.0982. The molecular formula is C14H16O2. The highest BCUT2D eigenvalue weighted by atomic mass is 16.5. The molecule has 1 aliphatic carbocycles. The van der Waals surface area contributed by atoms with Crippen molar-refractivity contribution in [2.75, 3.05) is 13.2 Å². The van der Waals surface area contributed by atoms with Crippen molar-refractivity contribution in [1.29, 1.82) is 0 Å². The van der Waals surface area contributed by atoms with Crippen LogP contribution < -0.4 is 4.74 Å². The van der Waals surface area contributed by atoms with Crippen molar-refractivity contribution in [3.8, 4) is 17.6 Å². The van der Waals surface area contributed by atoms with Gasteiger partial charge in [0.05, 0.1) is 6.61 Å². The number of hydrogen-bond acceptors (Lipinski definition) is 2. The highest BCUT2D eigenvalue weighted by Gasteiger charge is 2.22. The van der Waals surface area contributed by atoms with Crippen LogP contribution in [0, 0.1) is 24.7 Å². The smallest absolute Gasteiger partial charge is 0.122 e. The summed E-state index contributed by atoms with van der Waals surface area (Å²) in [7, 11) is 0. The second kappa shape index (κ2) is 5.05. The first-order valence-corrected chi connectivity index (χ1v) is 5.63. The molecule has 1 N–H and O–H groups in total. The third kappa shape index (κ3) is 3.01. The lowest BCUT2D eigenvalue weighted by atomic mass is 10.1. The summed E-state index contributed by atoms with van der Waals surface area (Å²) in [6.07, 6.45) is 2.61. The lowest BCUT2D eigenvalue weighted by Crippen LogP contribution is -2.00. The van der Waals surface area contributed by atoms with E-state index in [9.17, 15) is 0 Å². The number of hydrogen-bond donors (Lipinski definition) is 1. The zero-order valence-corrected chi connectivity index (χ0v) is 9.49. The Labute approximate surface area is 96.3 Å². The fourth-order valence-electron chi connectivity index (χ4n) is 1.52. The summed E-state index contributed by atoms with van der Waals surface area (Å²) >= 11 is 0. The van der Waals surface area contributed by atoms with E-state index in [0.29, 0.717) is 0 Å². The number of ether oxygens (including phenoxy) is 1. The van der Waals surface area contributed by atoms with Gasteiger partial charge in [-0.1, -0.05) is 11.8 Å². The van der Waals surface area contributed by atoms with Crippen LogP contribution in [-0.2, 0) is 0 Å². The SMILES string of the molecule is Cc1cc(C#CCO)ccc1OCC1CC1. The normalized spacial score (nSPS) is 14.1. The van der Waals surface area contributed by atoms with Crippen molar-refractivity contribution in [2.45, 2.75) is 19.8 Å².